The van der Waals surface area contributed by atoms with Crippen LogP contribution in [0, 0.1) is 24.6 Å². The number of aldehydes is 1. The summed E-state index contributed by atoms with van der Waals surface area (Å²) in [4.78, 5) is 35.8. The highest BCUT2D eigenvalue weighted by molar-refractivity contribution is 6.04. The highest BCUT2D eigenvalue weighted by atomic mass is 19.1. The summed E-state index contributed by atoms with van der Waals surface area (Å²) in [6.45, 7) is 9.60. The van der Waals surface area contributed by atoms with Crippen molar-refractivity contribution in [3.8, 4) is 34.1 Å². The molecule has 3 saturated heterocycles. The molecule has 9 rings (SSSR count). The predicted molar refractivity (Wildman–Crippen MR) is 247 cm³/mol. The number of nitrogens with zero attached hydrogens (tertiary/aromatic N) is 7. The summed E-state index contributed by atoms with van der Waals surface area (Å²) in [6.07, 6.45) is 11.0. The van der Waals surface area contributed by atoms with E-state index in [0.717, 1.165) is 90.5 Å². The lowest BCUT2D eigenvalue weighted by Gasteiger charge is -2.31. The van der Waals surface area contributed by atoms with Crippen LogP contribution in [-0.2, 0) is 20.9 Å². The molecule has 2 bridgehead atoms. The van der Waals surface area contributed by atoms with Crippen molar-refractivity contribution in [2.24, 2.45) is 16.9 Å². The number of carbonyl (C=O) groups is 2. The van der Waals surface area contributed by atoms with Gasteiger partial charge in [-0.15, -0.1) is 5.10 Å². The lowest BCUT2D eigenvalue weighted by Crippen LogP contribution is -2.44. The van der Waals surface area contributed by atoms with Gasteiger partial charge in [-0.25, -0.2) is 9.07 Å². The molecular weight excluding hydrogens is 828 g/mol. The van der Waals surface area contributed by atoms with Crippen molar-refractivity contribution in [3.63, 3.8) is 0 Å². The molecular formula is C49H59FN10O5. The highest BCUT2D eigenvalue weighted by Gasteiger charge is 2.41. The molecule has 1 amide bonds. The van der Waals surface area contributed by atoms with Gasteiger partial charge in [-0.1, -0.05) is 43.3 Å². The number of hydrogen-bond donors (Lipinski definition) is 3. The number of hydrogen-bond acceptors (Lipinski definition) is 13. The van der Waals surface area contributed by atoms with Gasteiger partial charge in [0.15, 0.2) is 5.75 Å². The smallest absolute Gasteiger partial charge is 0.319 e. The molecule has 5 aromatic rings. The number of piperazine rings is 1. The summed E-state index contributed by atoms with van der Waals surface area (Å²) >= 11 is 0. The van der Waals surface area contributed by atoms with Crippen molar-refractivity contribution < 1.29 is 28.2 Å². The second-order valence-electron chi connectivity index (χ2n) is 18.2. The minimum Gasteiger partial charge on any atom is -0.486 e. The number of fused-ring (bicyclic) bond motifs is 3. The number of anilines is 1. The molecule has 3 N–H and O–H groups in total. The van der Waals surface area contributed by atoms with E-state index in [2.05, 4.69) is 56.3 Å². The number of benzene rings is 3. The first kappa shape index (κ1) is 44.2. The van der Waals surface area contributed by atoms with Crippen LogP contribution < -0.4 is 30.4 Å². The van der Waals surface area contributed by atoms with Gasteiger partial charge in [-0.2, -0.15) is 15.1 Å². The molecule has 15 nitrogen and oxygen atoms in total. The van der Waals surface area contributed by atoms with Gasteiger partial charge in [0.05, 0.1) is 31.7 Å². The standard InChI is InChI=1S/C49H59FN10O5/c1-29(2)46(35(26-61)6-5-17-52-28-62)60-25-42(57-58-60)33-9-7-31(8-10-33)27-64-47-44(43-30(3)41(50)14-13-34(43)22-54-51-4)39(32-11-12-32)21-40-45(47)55-49(65-38-15-18-63-19-16-38)56-48(40)59-24-36-20-37(59)23-53-36/h7-10,13-14,21-22,25-26,28-29,32,35-38,46,51,53H,5-6,11-12,15-20,23-24,27H2,1-4H3,(H,52,62)/b54-22-. The van der Waals surface area contributed by atoms with Crippen molar-refractivity contribution in [1.29, 1.82) is 0 Å². The van der Waals surface area contributed by atoms with Crippen LogP contribution in [0.3, 0.4) is 0 Å². The zero-order valence-electron chi connectivity index (χ0n) is 37.6. The number of carbonyl (C=O) groups excluding carboxylic acids is 2. The summed E-state index contributed by atoms with van der Waals surface area (Å²) in [6, 6.07) is 14.3. The zero-order valence-corrected chi connectivity index (χ0v) is 37.6. The summed E-state index contributed by atoms with van der Waals surface area (Å²) in [5.74, 6) is 1.16. The Labute approximate surface area is 378 Å². The van der Waals surface area contributed by atoms with E-state index in [0.29, 0.717) is 79.1 Å². The fraction of sp³-hybridized carbons (Fsp3) is 0.490. The van der Waals surface area contributed by atoms with Crippen LogP contribution in [0.25, 0.3) is 33.3 Å². The van der Waals surface area contributed by atoms with Gasteiger partial charge in [0.2, 0.25) is 6.41 Å². The van der Waals surface area contributed by atoms with Gasteiger partial charge in [-0.3, -0.25) is 4.79 Å². The molecule has 2 aromatic heterocycles. The Morgan fingerprint density at radius 1 is 1.06 bits per heavy atom. The van der Waals surface area contributed by atoms with Crippen LogP contribution in [0.15, 0.2) is 53.8 Å². The molecule has 0 spiro atoms. The lowest BCUT2D eigenvalue weighted by molar-refractivity contribution is -0.113. The minimum atomic E-state index is -0.317. The van der Waals surface area contributed by atoms with Gasteiger partial charge in [-0.05, 0) is 85.8 Å². The number of nitrogens with one attached hydrogen (secondary N) is 3. The molecule has 0 radical (unpaired) electrons. The van der Waals surface area contributed by atoms with Gasteiger partial charge in [0, 0.05) is 85.2 Å². The van der Waals surface area contributed by atoms with Crippen LogP contribution >= 0.6 is 0 Å². The van der Waals surface area contributed by atoms with Crippen molar-refractivity contribution in [3.05, 3.63) is 76.7 Å². The quantitative estimate of drug-likeness (QED) is 0.0330. The first-order valence-corrected chi connectivity index (χ1v) is 23.1. The molecule has 4 atom stereocenters. The predicted octanol–water partition coefficient (Wildman–Crippen LogP) is 6.66. The third-order valence-electron chi connectivity index (χ3n) is 13.4. The number of amides is 1. The Hall–Kier alpha value is -6.00. The van der Waals surface area contributed by atoms with E-state index in [9.17, 15) is 9.59 Å². The van der Waals surface area contributed by atoms with Crippen molar-refractivity contribution >= 4 is 35.6 Å². The Morgan fingerprint density at radius 3 is 2.57 bits per heavy atom. The van der Waals surface area contributed by atoms with Gasteiger partial charge < -0.3 is 40.0 Å². The molecule has 1 aliphatic carbocycles. The van der Waals surface area contributed by atoms with E-state index >= 15 is 4.39 Å². The van der Waals surface area contributed by atoms with E-state index in [1.165, 1.54) is 6.07 Å². The van der Waals surface area contributed by atoms with Crippen LogP contribution in [-0.4, -0.2) is 102 Å². The molecule has 4 unspecified atom stereocenters. The van der Waals surface area contributed by atoms with Crippen molar-refractivity contribution in [2.45, 2.75) is 102 Å². The van der Waals surface area contributed by atoms with Crippen LogP contribution in [0.5, 0.6) is 11.8 Å². The fourth-order valence-corrected chi connectivity index (χ4v) is 9.95. The van der Waals surface area contributed by atoms with E-state index in [4.69, 9.17) is 24.2 Å². The SMILES string of the molecule is CN/N=C\c1ccc(F)c(C)c1-c1c(C2CC2)cc2c(N3CC4CC3CN4)nc(OC3CCOCC3)nc2c1OCc1ccc(-c2cn(C(C(C)C)C(C=O)CCCNC=O)nn2)cc1. The number of aromatic nitrogens is 5. The summed E-state index contributed by atoms with van der Waals surface area (Å²) in [5, 5.41) is 20.6. The second-order valence-corrected chi connectivity index (χ2v) is 18.2. The molecule has 65 heavy (non-hydrogen) atoms. The van der Waals surface area contributed by atoms with Crippen LogP contribution in [0.1, 0.15) is 93.0 Å². The largest absolute Gasteiger partial charge is 0.486 e. The van der Waals surface area contributed by atoms with E-state index < -0.39 is 0 Å². The average molecular weight is 887 g/mol. The monoisotopic (exact) mass is 886 g/mol. The minimum absolute atomic E-state index is 0.0882. The maximum atomic E-state index is 15.9. The molecule has 16 heteroatoms. The van der Waals surface area contributed by atoms with Crippen LogP contribution in [0.4, 0.5) is 10.2 Å². The fourth-order valence-electron chi connectivity index (χ4n) is 9.95. The Morgan fingerprint density at radius 2 is 1.88 bits per heavy atom. The topological polar surface area (TPSA) is 170 Å². The van der Waals surface area contributed by atoms with Gasteiger partial charge in [0.25, 0.3) is 0 Å². The molecule has 4 fully saturated rings. The molecule has 4 aliphatic rings. The summed E-state index contributed by atoms with van der Waals surface area (Å²) < 4.78 is 37.1. The third-order valence-corrected chi connectivity index (χ3v) is 13.4. The van der Waals surface area contributed by atoms with Gasteiger partial charge in [0.1, 0.15) is 41.8 Å². The third kappa shape index (κ3) is 9.41. The van der Waals surface area contributed by atoms with E-state index in [-0.39, 0.29) is 48.4 Å². The lowest BCUT2D eigenvalue weighted by atomic mass is 9.88. The number of ether oxygens (including phenoxy) is 3. The average Bonchev–Trinajstić information content (AvgIpc) is 3.66. The Kier molecular flexibility index (Phi) is 13.3. The van der Waals surface area contributed by atoms with E-state index in [1.54, 1.807) is 24.0 Å². The Bertz CT molecular complexity index is 2520. The summed E-state index contributed by atoms with van der Waals surface area (Å²) in [5.41, 5.74) is 9.81. The first-order chi connectivity index (χ1) is 31.7. The normalized spacial score (nSPS) is 19.6. The second kappa shape index (κ2) is 19.6. The molecule has 3 aromatic carbocycles. The molecule has 5 heterocycles. The first-order valence-electron chi connectivity index (χ1n) is 23.1. The summed E-state index contributed by atoms with van der Waals surface area (Å²) in [7, 11) is 1.74. The van der Waals surface area contributed by atoms with E-state index in [1.807, 2.05) is 37.4 Å². The maximum absolute atomic E-state index is 15.9. The highest BCUT2D eigenvalue weighted by Crippen LogP contribution is 2.53. The zero-order chi connectivity index (χ0) is 45.0. The Balaban J connectivity index is 1.11. The molecule has 3 aliphatic heterocycles. The van der Waals surface area contributed by atoms with Crippen LogP contribution in [0.2, 0.25) is 0 Å². The maximum Gasteiger partial charge on any atom is 0.319 e. The number of halogens is 1. The van der Waals surface area contributed by atoms with Crippen molar-refractivity contribution in [2.75, 3.05) is 44.8 Å². The molecule has 1 saturated carbocycles. The number of hydrazone groups is 1. The van der Waals surface area contributed by atoms with Gasteiger partial charge >= 0.3 is 6.01 Å². The number of rotatable bonds is 20. The van der Waals surface area contributed by atoms with Crippen molar-refractivity contribution in [1.82, 2.24) is 41.0 Å². The molecule has 342 valence electrons.